The molecule has 2 N–H and O–H groups in total. The van der Waals surface area contributed by atoms with Gasteiger partial charge in [0.05, 0.1) is 18.8 Å². The van der Waals surface area contributed by atoms with Crippen LogP contribution in [-0.2, 0) is 11.3 Å². The monoisotopic (exact) mass is 320 g/mol. The average molecular weight is 320 g/mol. The fraction of sp³-hybridized carbons (Fsp3) is 0.611. The smallest absolute Gasteiger partial charge is 0.251 e. The first-order valence-corrected chi connectivity index (χ1v) is 8.28. The predicted molar refractivity (Wildman–Crippen MR) is 90.3 cm³/mol. The Hall–Kier alpha value is -1.43. The van der Waals surface area contributed by atoms with Crippen LogP contribution in [0, 0.1) is 5.92 Å². The van der Waals surface area contributed by atoms with Gasteiger partial charge >= 0.3 is 0 Å². The molecule has 5 heteroatoms. The number of nitrogens with zero attached hydrogens (tertiary/aromatic N) is 1. The number of ether oxygens (including phenoxy) is 1. The Labute approximate surface area is 138 Å². The fourth-order valence-corrected chi connectivity index (χ4v) is 2.39. The van der Waals surface area contributed by atoms with Crippen molar-refractivity contribution in [3.8, 4) is 0 Å². The minimum Gasteiger partial charge on any atom is -0.388 e. The second-order valence-electron chi connectivity index (χ2n) is 6.78. The second-order valence-corrected chi connectivity index (χ2v) is 6.78. The van der Waals surface area contributed by atoms with Crippen LogP contribution in [0.4, 0.5) is 0 Å². The lowest BCUT2D eigenvalue weighted by atomic mass is 9.92. The molecule has 0 aliphatic carbocycles. The Morgan fingerprint density at radius 3 is 2.74 bits per heavy atom. The summed E-state index contributed by atoms with van der Waals surface area (Å²) in [5.41, 5.74) is 0.853. The molecule has 0 spiro atoms. The summed E-state index contributed by atoms with van der Waals surface area (Å²) in [6.07, 6.45) is 0. The topological polar surface area (TPSA) is 61.8 Å². The Morgan fingerprint density at radius 1 is 1.39 bits per heavy atom. The van der Waals surface area contributed by atoms with Gasteiger partial charge in [-0.1, -0.05) is 26.0 Å². The summed E-state index contributed by atoms with van der Waals surface area (Å²) in [6, 6.07) is 7.68. The van der Waals surface area contributed by atoms with Crippen molar-refractivity contribution in [1.82, 2.24) is 10.2 Å². The molecule has 1 unspecified atom stereocenters. The van der Waals surface area contributed by atoms with Crippen molar-refractivity contribution >= 4 is 5.91 Å². The number of carbonyl (C=O) groups is 1. The van der Waals surface area contributed by atoms with Gasteiger partial charge in [-0.2, -0.15) is 0 Å². The molecule has 1 aromatic rings. The van der Waals surface area contributed by atoms with Crippen molar-refractivity contribution in [2.75, 3.05) is 32.8 Å². The molecule has 1 aromatic carbocycles. The second kappa shape index (κ2) is 7.90. The number of benzene rings is 1. The molecule has 23 heavy (non-hydrogen) atoms. The van der Waals surface area contributed by atoms with Crippen LogP contribution in [0.2, 0.25) is 0 Å². The summed E-state index contributed by atoms with van der Waals surface area (Å²) in [5, 5.41) is 13.1. The van der Waals surface area contributed by atoms with Gasteiger partial charge in [0.1, 0.15) is 0 Å². The summed E-state index contributed by atoms with van der Waals surface area (Å²) in [7, 11) is 0. The van der Waals surface area contributed by atoms with Gasteiger partial charge in [-0.25, -0.2) is 0 Å². The van der Waals surface area contributed by atoms with Crippen LogP contribution in [-0.4, -0.2) is 54.4 Å². The van der Waals surface area contributed by atoms with Crippen molar-refractivity contribution < 1.29 is 14.6 Å². The quantitative estimate of drug-likeness (QED) is 0.837. The molecule has 2 rings (SSSR count). The van der Waals surface area contributed by atoms with Crippen LogP contribution in [0.1, 0.15) is 36.7 Å². The van der Waals surface area contributed by atoms with Gasteiger partial charge < -0.3 is 15.2 Å². The molecule has 0 bridgehead atoms. The summed E-state index contributed by atoms with van der Waals surface area (Å²) in [6.45, 7) is 10.1. The number of aliphatic hydroxyl groups is 1. The van der Waals surface area contributed by atoms with Gasteiger partial charge in [0.15, 0.2) is 0 Å². The molecule has 1 saturated heterocycles. The normalized spacial score (nSPS) is 18.7. The van der Waals surface area contributed by atoms with E-state index < -0.39 is 5.60 Å². The Kier molecular flexibility index (Phi) is 6.16. The molecular formula is C18H28N2O3. The molecule has 128 valence electrons. The highest BCUT2D eigenvalue weighted by Crippen LogP contribution is 2.15. The zero-order chi connectivity index (χ0) is 16.9. The van der Waals surface area contributed by atoms with Crippen LogP contribution in [0.15, 0.2) is 24.3 Å². The van der Waals surface area contributed by atoms with E-state index in [9.17, 15) is 9.90 Å². The van der Waals surface area contributed by atoms with Gasteiger partial charge in [0, 0.05) is 31.7 Å². The summed E-state index contributed by atoms with van der Waals surface area (Å²) < 4.78 is 5.35. The third-order valence-corrected chi connectivity index (χ3v) is 4.55. The van der Waals surface area contributed by atoms with Crippen LogP contribution in [0.25, 0.3) is 0 Å². The zero-order valence-electron chi connectivity index (χ0n) is 14.3. The lowest BCUT2D eigenvalue weighted by Gasteiger charge is -2.28. The van der Waals surface area contributed by atoms with Crippen molar-refractivity contribution in [3.05, 3.63) is 35.4 Å². The SMILES string of the molecule is CC(C)C(C)(O)CNC(=O)c1cccc(CN2CCOCC2)c1. The summed E-state index contributed by atoms with van der Waals surface area (Å²) >= 11 is 0. The van der Waals surface area contributed by atoms with Crippen LogP contribution >= 0.6 is 0 Å². The number of morpholine rings is 1. The Balaban J connectivity index is 1.94. The van der Waals surface area contributed by atoms with Crippen molar-refractivity contribution in [2.24, 2.45) is 5.92 Å². The van der Waals surface area contributed by atoms with Gasteiger partial charge in [0.25, 0.3) is 5.91 Å². The minimum atomic E-state index is -0.902. The molecule has 1 aliphatic heterocycles. The number of carbonyl (C=O) groups excluding carboxylic acids is 1. The molecule has 0 aromatic heterocycles. The van der Waals surface area contributed by atoms with E-state index in [1.807, 2.05) is 38.1 Å². The van der Waals surface area contributed by atoms with E-state index >= 15 is 0 Å². The standard InChI is InChI=1S/C18H28N2O3/c1-14(2)18(3,22)13-19-17(21)16-6-4-5-15(11-16)12-20-7-9-23-10-8-20/h4-6,11,14,22H,7-10,12-13H2,1-3H3,(H,19,21). The Bertz CT molecular complexity index is 523. The molecule has 1 amide bonds. The minimum absolute atomic E-state index is 0.0791. The number of nitrogens with one attached hydrogen (secondary N) is 1. The highest BCUT2D eigenvalue weighted by Gasteiger charge is 2.25. The van der Waals surface area contributed by atoms with Gasteiger partial charge in [-0.3, -0.25) is 9.69 Å². The maximum Gasteiger partial charge on any atom is 0.251 e. The molecular weight excluding hydrogens is 292 g/mol. The van der Waals surface area contributed by atoms with E-state index in [1.54, 1.807) is 6.92 Å². The summed E-state index contributed by atoms with van der Waals surface area (Å²) in [4.78, 5) is 14.6. The first kappa shape index (κ1) is 17.9. The zero-order valence-corrected chi connectivity index (χ0v) is 14.3. The summed E-state index contributed by atoms with van der Waals surface area (Å²) in [5.74, 6) is -0.0646. The van der Waals surface area contributed by atoms with Gasteiger partial charge in [-0.15, -0.1) is 0 Å². The van der Waals surface area contributed by atoms with Crippen LogP contribution < -0.4 is 5.32 Å². The average Bonchev–Trinajstić information content (AvgIpc) is 2.54. The number of rotatable bonds is 6. The maximum atomic E-state index is 12.3. The molecule has 1 fully saturated rings. The molecule has 1 aliphatic rings. The van der Waals surface area contributed by atoms with E-state index in [-0.39, 0.29) is 18.4 Å². The predicted octanol–water partition coefficient (Wildman–Crippen LogP) is 1.66. The van der Waals surface area contributed by atoms with Gasteiger partial charge in [-0.05, 0) is 30.5 Å². The van der Waals surface area contributed by atoms with Gasteiger partial charge in [0.2, 0.25) is 0 Å². The molecule has 0 radical (unpaired) electrons. The fourth-order valence-electron chi connectivity index (χ4n) is 2.39. The van der Waals surface area contributed by atoms with E-state index in [0.717, 1.165) is 38.4 Å². The first-order valence-electron chi connectivity index (χ1n) is 8.28. The van der Waals surface area contributed by atoms with Crippen LogP contribution in [0.5, 0.6) is 0 Å². The molecule has 1 atom stereocenters. The lowest BCUT2D eigenvalue weighted by molar-refractivity contribution is 0.0142. The van der Waals surface area contributed by atoms with Crippen molar-refractivity contribution in [1.29, 1.82) is 0 Å². The largest absolute Gasteiger partial charge is 0.388 e. The Morgan fingerprint density at radius 2 is 2.09 bits per heavy atom. The number of amides is 1. The molecule has 1 heterocycles. The molecule has 0 saturated carbocycles. The van der Waals surface area contributed by atoms with Crippen LogP contribution in [0.3, 0.4) is 0 Å². The van der Waals surface area contributed by atoms with E-state index in [2.05, 4.69) is 10.2 Å². The first-order chi connectivity index (χ1) is 10.9. The van der Waals surface area contributed by atoms with E-state index in [1.165, 1.54) is 0 Å². The van der Waals surface area contributed by atoms with Crippen molar-refractivity contribution in [2.45, 2.75) is 32.9 Å². The lowest BCUT2D eigenvalue weighted by Crippen LogP contribution is -2.44. The highest BCUT2D eigenvalue weighted by molar-refractivity contribution is 5.94. The third-order valence-electron chi connectivity index (χ3n) is 4.55. The molecule has 5 nitrogen and oxygen atoms in total. The highest BCUT2D eigenvalue weighted by atomic mass is 16.5. The maximum absolute atomic E-state index is 12.3. The number of hydrogen-bond acceptors (Lipinski definition) is 4. The van der Waals surface area contributed by atoms with E-state index in [4.69, 9.17) is 4.74 Å². The number of hydrogen-bond donors (Lipinski definition) is 2. The van der Waals surface area contributed by atoms with E-state index in [0.29, 0.717) is 5.56 Å². The third kappa shape index (κ3) is 5.30. The van der Waals surface area contributed by atoms with Crippen molar-refractivity contribution in [3.63, 3.8) is 0 Å².